The normalized spacial score (nSPS) is 9.85. The lowest BCUT2D eigenvalue weighted by molar-refractivity contribution is -0.605. The van der Waals surface area contributed by atoms with Gasteiger partial charge in [0.1, 0.15) is 10.0 Å². The third-order valence-corrected chi connectivity index (χ3v) is 3.02. The molecule has 0 aliphatic carbocycles. The summed E-state index contributed by atoms with van der Waals surface area (Å²) in [5.41, 5.74) is 0.795. The first kappa shape index (κ1) is 14.1. The molecule has 20 heavy (non-hydrogen) atoms. The number of rotatable bonds is 2. The molecule has 1 aromatic heterocycles. The largest absolute Gasteiger partial charge is 0.619 e. The Balaban J connectivity index is 2.31. The van der Waals surface area contributed by atoms with E-state index in [2.05, 4.69) is 5.32 Å². The highest BCUT2D eigenvalue weighted by atomic mass is 35.5. The zero-order valence-electron chi connectivity index (χ0n) is 9.93. The van der Waals surface area contributed by atoms with E-state index in [0.717, 1.165) is 12.4 Å². The molecule has 0 aliphatic heterocycles. The number of pyridine rings is 1. The molecule has 0 saturated heterocycles. The highest BCUT2D eigenvalue weighted by molar-refractivity contribution is 6.39. The minimum absolute atomic E-state index is 0.0253. The smallest absolute Gasteiger partial charge is 0.255 e. The summed E-state index contributed by atoms with van der Waals surface area (Å²) in [4.78, 5) is 12.0. The van der Waals surface area contributed by atoms with E-state index in [4.69, 9.17) is 28.5 Å². The number of halogens is 2. The summed E-state index contributed by atoms with van der Waals surface area (Å²) in [5, 5.41) is 22.5. The van der Waals surface area contributed by atoms with Gasteiger partial charge in [-0.05, 0) is 18.2 Å². The van der Waals surface area contributed by atoms with Gasteiger partial charge in [0.15, 0.2) is 0 Å². The summed E-state index contributed by atoms with van der Waals surface area (Å²) >= 11 is 11.7. The molecule has 1 amide bonds. The fourth-order valence-electron chi connectivity index (χ4n) is 1.54. The fourth-order valence-corrected chi connectivity index (χ4v) is 2.08. The van der Waals surface area contributed by atoms with E-state index < -0.39 is 5.91 Å². The van der Waals surface area contributed by atoms with Crippen molar-refractivity contribution in [1.29, 1.82) is 5.26 Å². The van der Waals surface area contributed by atoms with Crippen molar-refractivity contribution in [2.75, 3.05) is 5.32 Å². The molecule has 1 N–H and O–H groups in total. The van der Waals surface area contributed by atoms with Gasteiger partial charge in [-0.3, -0.25) is 4.79 Å². The van der Waals surface area contributed by atoms with Gasteiger partial charge in [-0.1, -0.05) is 29.3 Å². The van der Waals surface area contributed by atoms with Crippen LogP contribution in [-0.4, -0.2) is 5.91 Å². The summed E-state index contributed by atoms with van der Waals surface area (Å²) in [6, 6.07) is 8.10. The second-order valence-electron chi connectivity index (χ2n) is 3.84. The molecule has 2 aromatic rings. The van der Waals surface area contributed by atoms with Crippen molar-refractivity contribution in [3.05, 3.63) is 63.0 Å². The van der Waals surface area contributed by atoms with E-state index in [1.54, 1.807) is 18.2 Å². The summed E-state index contributed by atoms with van der Waals surface area (Å²) < 4.78 is 0.441. The first-order valence-corrected chi connectivity index (χ1v) is 6.16. The number of hydrogen-bond donors (Lipinski definition) is 1. The van der Waals surface area contributed by atoms with Crippen molar-refractivity contribution in [2.45, 2.75) is 0 Å². The van der Waals surface area contributed by atoms with Crippen molar-refractivity contribution in [2.24, 2.45) is 0 Å². The maximum absolute atomic E-state index is 12.0. The molecule has 0 aliphatic rings. The predicted molar refractivity (Wildman–Crippen MR) is 74.5 cm³/mol. The molecular formula is C13H7Cl2N3O2. The van der Waals surface area contributed by atoms with Crippen LogP contribution in [0, 0.1) is 16.5 Å². The number of carbonyl (C=O) groups is 1. The Kier molecular flexibility index (Phi) is 4.08. The number of benzene rings is 1. The fraction of sp³-hybridized carbons (Fsp3) is 0. The number of aromatic nitrogens is 1. The first-order chi connectivity index (χ1) is 9.51. The van der Waals surface area contributed by atoms with Crippen molar-refractivity contribution >= 4 is 34.8 Å². The number of anilines is 1. The van der Waals surface area contributed by atoms with Crippen molar-refractivity contribution in [3.8, 4) is 6.07 Å². The number of nitriles is 1. The van der Waals surface area contributed by atoms with Crippen LogP contribution in [-0.2, 0) is 0 Å². The van der Waals surface area contributed by atoms with Crippen LogP contribution >= 0.6 is 23.2 Å². The number of nitrogens with one attached hydrogen (secondary N) is 1. The van der Waals surface area contributed by atoms with Crippen LogP contribution in [0.25, 0.3) is 0 Å². The van der Waals surface area contributed by atoms with Crippen molar-refractivity contribution < 1.29 is 9.52 Å². The van der Waals surface area contributed by atoms with Gasteiger partial charge in [0.2, 0.25) is 12.4 Å². The third kappa shape index (κ3) is 2.99. The number of nitrogens with zero attached hydrogens (tertiary/aromatic N) is 2. The van der Waals surface area contributed by atoms with Crippen LogP contribution in [0.2, 0.25) is 10.0 Å². The van der Waals surface area contributed by atoms with E-state index in [1.807, 2.05) is 6.07 Å². The molecule has 0 bridgehead atoms. The zero-order chi connectivity index (χ0) is 14.7. The Hall–Kier alpha value is -2.29. The molecule has 0 spiro atoms. The Morgan fingerprint density at radius 2 is 1.95 bits per heavy atom. The third-order valence-electron chi connectivity index (χ3n) is 2.45. The van der Waals surface area contributed by atoms with Crippen molar-refractivity contribution in [1.82, 2.24) is 0 Å². The SMILES string of the molecule is N#Cc1cccc(C(=O)Nc2c(Cl)c[n+]([O-])cc2Cl)c1. The molecule has 0 unspecified atom stereocenters. The lowest BCUT2D eigenvalue weighted by Crippen LogP contribution is -2.25. The molecule has 0 saturated carbocycles. The minimum Gasteiger partial charge on any atom is -0.619 e. The molecule has 0 radical (unpaired) electrons. The molecular weight excluding hydrogens is 301 g/mol. The Morgan fingerprint density at radius 3 is 2.55 bits per heavy atom. The Morgan fingerprint density at radius 1 is 1.30 bits per heavy atom. The van der Waals surface area contributed by atoms with Gasteiger partial charge >= 0.3 is 0 Å². The molecule has 5 nitrogen and oxygen atoms in total. The summed E-state index contributed by atoms with van der Waals surface area (Å²) in [6.45, 7) is 0. The van der Waals surface area contributed by atoms with Crippen LogP contribution in [0.1, 0.15) is 15.9 Å². The topological polar surface area (TPSA) is 79.8 Å². The van der Waals surface area contributed by atoms with Gasteiger partial charge in [-0.15, -0.1) is 0 Å². The van der Waals surface area contributed by atoms with Crippen LogP contribution in [0.3, 0.4) is 0 Å². The van der Waals surface area contributed by atoms with Gasteiger partial charge in [0, 0.05) is 5.56 Å². The van der Waals surface area contributed by atoms with Gasteiger partial charge < -0.3 is 10.5 Å². The van der Waals surface area contributed by atoms with Crippen LogP contribution in [0.15, 0.2) is 36.7 Å². The van der Waals surface area contributed by atoms with Gasteiger partial charge in [0.05, 0.1) is 17.3 Å². The van der Waals surface area contributed by atoms with Crippen LogP contribution in [0.4, 0.5) is 5.69 Å². The monoisotopic (exact) mass is 307 g/mol. The van der Waals surface area contributed by atoms with E-state index in [0.29, 0.717) is 10.3 Å². The average molecular weight is 308 g/mol. The van der Waals surface area contributed by atoms with E-state index in [1.165, 1.54) is 6.07 Å². The summed E-state index contributed by atoms with van der Waals surface area (Å²) in [5.74, 6) is -0.477. The van der Waals surface area contributed by atoms with Gasteiger partial charge in [-0.25, -0.2) is 0 Å². The zero-order valence-corrected chi connectivity index (χ0v) is 11.4. The van der Waals surface area contributed by atoms with Gasteiger partial charge in [-0.2, -0.15) is 9.99 Å². The lowest BCUT2D eigenvalue weighted by Gasteiger charge is -2.09. The number of amides is 1. The maximum atomic E-state index is 12.0. The molecule has 0 atom stereocenters. The Bertz CT molecular complexity index is 703. The quantitative estimate of drug-likeness (QED) is 0.684. The Labute approximate surface area is 124 Å². The summed E-state index contributed by atoms with van der Waals surface area (Å²) in [7, 11) is 0. The van der Waals surface area contributed by atoms with Gasteiger partial charge in [0.25, 0.3) is 5.91 Å². The van der Waals surface area contributed by atoms with E-state index >= 15 is 0 Å². The average Bonchev–Trinajstić information content (AvgIpc) is 2.42. The van der Waals surface area contributed by atoms with E-state index in [9.17, 15) is 10.0 Å². The predicted octanol–water partition coefficient (Wildman–Crippen LogP) is 2.75. The second kappa shape index (κ2) is 5.78. The standard InChI is InChI=1S/C13H7Cl2N3O2/c14-10-6-18(20)7-11(15)12(10)17-13(19)9-3-1-2-8(4-9)5-16/h1-4,6-7H,(H,17,19). The molecule has 2 rings (SSSR count). The summed E-state index contributed by atoms with van der Waals surface area (Å²) in [6.07, 6.45) is 2.16. The molecule has 7 heteroatoms. The first-order valence-electron chi connectivity index (χ1n) is 5.40. The lowest BCUT2D eigenvalue weighted by atomic mass is 10.1. The second-order valence-corrected chi connectivity index (χ2v) is 4.65. The van der Waals surface area contributed by atoms with Crippen LogP contribution < -0.4 is 10.0 Å². The maximum Gasteiger partial charge on any atom is 0.255 e. The molecule has 100 valence electrons. The molecule has 1 aromatic carbocycles. The molecule has 1 heterocycles. The number of carbonyl (C=O) groups excluding carboxylic acids is 1. The molecule has 0 fully saturated rings. The van der Waals surface area contributed by atoms with Crippen molar-refractivity contribution in [3.63, 3.8) is 0 Å². The number of hydrogen-bond acceptors (Lipinski definition) is 3. The van der Waals surface area contributed by atoms with E-state index in [-0.39, 0.29) is 21.3 Å². The highest BCUT2D eigenvalue weighted by Crippen LogP contribution is 2.28. The highest BCUT2D eigenvalue weighted by Gasteiger charge is 2.15. The van der Waals surface area contributed by atoms with Crippen LogP contribution in [0.5, 0.6) is 0 Å². The minimum atomic E-state index is -0.477.